The number of phenolic OH excluding ortho intramolecular Hbond substituents is 1. The van der Waals surface area contributed by atoms with E-state index >= 15 is 0 Å². The van der Waals surface area contributed by atoms with Crippen molar-refractivity contribution < 1.29 is 29.3 Å². The van der Waals surface area contributed by atoms with Crippen LogP contribution in [0, 0.1) is 50.2 Å². The number of phenols is 1. The minimum atomic E-state index is -0.815. The third-order valence-corrected chi connectivity index (χ3v) is 13.8. The fraction of sp³-hybridized carbons (Fsp3) is 0.615. The van der Waals surface area contributed by atoms with Crippen LogP contribution in [-0.4, -0.2) is 34.5 Å². The second-order valence-corrected chi connectivity index (χ2v) is 16.7. The molecule has 0 heterocycles. The van der Waals surface area contributed by atoms with Crippen molar-refractivity contribution in [3.05, 3.63) is 59.7 Å². The predicted octanol–water partition coefficient (Wildman–Crippen LogP) is 8.16. The Labute approximate surface area is 268 Å². The van der Waals surface area contributed by atoms with Crippen LogP contribution in [0.2, 0.25) is 0 Å². The lowest BCUT2D eigenvalue weighted by Crippen LogP contribution is -2.63. The second-order valence-electron chi connectivity index (χ2n) is 16.7. The average molecular weight is 615 g/mol. The summed E-state index contributed by atoms with van der Waals surface area (Å²) in [6, 6.07) is 6.61. The fourth-order valence-corrected chi connectivity index (χ4v) is 11.3. The van der Waals surface area contributed by atoms with Gasteiger partial charge in [0.25, 0.3) is 0 Å². The lowest BCUT2D eigenvalue weighted by Gasteiger charge is -2.68. The quantitative estimate of drug-likeness (QED) is 0.197. The van der Waals surface area contributed by atoms with Crippen molar-refractivity contribution in [3.63, 3.8) is 0 Å². The molecule has 1 unspecified atom stereocenters. The van der Waals surface area contributed by atoms with Crippen LogP contribution in [0.4, 0.5) is 0 Å². The van der Waals surface area contributed by atoms with Gasteiger partial charge in [-0.15, -0.1) is 0 Å². The zero-order valence-corrected chi connectivity index (χ0v) is 27.8. The third kappa shape index (κ3) is 4.76. The highest BCUT2D eigenvalue weighted by atomic mass is 16.5. The van der Waals surface area contributed by atoms with Crippen LogP contribution in [0.15, 0.2) is 54.1 Å². The molecule has 3 saturated carbocycles. The van der Waals surface area contributed by atoms with Crippen LogP contribution in [0.25, 0.3) is 6.08 Å². The van der Waals surface area contributed by atoms with Crippen LogP contribution < -0.4 is 0 Å². The summed E-state index contributed by atoms with van der Waals surface area (Å²) < 4.78 is 5.81. The molecule has 0 spiro atoms. The number of esters is 1. The van der Waals surface area contributed by atoms with Gasteiger partial charge in [0.15, 0.2) is 5.78 Å². The zero-order chi connectivity index (χ0) is 32.6. The monoisotopic (exact) mass is 614 g/mol. The summed E-state index contributed by atoms with van der Waals surface area (Å²) in [6.07, 6.45) is 15.9. The topological polar surface area (TPSA) is 101 Å². The molecule has 0 amide bonds. The number of ketones is 1. The van der Waals surface area contributed by atoms with Crippen molar-refractivity contribution in [1.82, 2.24) is 0 Å². The number of fused-ring (bicyclic) bond motifs is 7. The molecule has 6 heteroatoms. The Morgan fingerprint density at radius 1 is 0.911 bits per heavy atom. The van der Waals surface area contributed by atoms with Gasteiger partial charge in [-0.1, -0.05) is 71.4 Å². The molecule has 242 valence electrons. The van der Waals surface area contributed by atoms with Gasteiger partial charge in [-0.3, -0.25) is 9.59 Å². The van der Waals surface area contributed by atoms with E-state index in [4.69, 9.17) is 4.74 Å². The maximum Gasteiger partial charge on any atom is 0.330 e. The number of hydrogen-bond acceptors (Lipinski definition) is 5. The smallest absolute Gasteiger partial charge is 0.330 e. The molecule has 0 aromatic heterocycles. The predicted molar refractivity (Wildman–Crippen MR) is 174 cm³/mol. The average Bonchev–Trinajstić information content (AvgIpc) is 2.98. The van der Waals surface area contributed by atoms with Crippen molar-refractivity contribution in [3.8, 4) is 5.75 Å². The molecule has 5 aliphatic carbocycles. The number of carboxylic acid groups (broad SMARTS) is 1. The molecular weight excluding hydrogens is 564 g/mol. The first kappa shape index (κ1) is 31.8. The van der Waals surface area contributed by atoms with E-state index in [2.05, 4.69) is 53.7 Å². The summed E-state index contributed by atoms with van der Waals surface area (Å²) >= 11 is 0. The first-order valence-corrected chi connectivity index (χ1v) is 16.8. The normalized spacial score (nSPS) is 41.7. The van der Waals surface area contributed by atoms with Gasteiger partial charge in [0.1, 0.15) is 5.75 Å². The van der Waals surface area contributed by atoms with Gasteiger partial charge in [-0.05, 0) is 115 Å². The minimum Gasteiger partial charge on any atom is -0.508 e. The van der Waals surface area contributed by atoms with Gasteiger partial charge in [-0.2, -0.15) is 0 Å². The number of carboxylic acids is 1. The molecule has 0 bridgehead atoms. The third-order valence-electron chi connectivity index (χ3n) is 13.8. The first-order valence-electron chi connectivity index (χ1n) is 16.8. The number of ether oxygens (including phenoxy) is 1. The summed E-state index contributed by atoms with van der Waals surface area (Å²) in [7, 11) is 0. The SMILES string of the molecule is CC1(COC(=O)/C=C/c2ccc(O)cc2)CC[C@]2(C(=O)O)CC=C3[C@]4(C)CC[C@H]5C(C)(C)C(=O)C=C[C@]5(C)[C@H]4CC[C@@]3(C)[C@@H]2C1. The molecule has 5 aliphatic rings. The molecule has 3 fully saturated rings. The van der Waals surface area contributed by atoms with Crippen LogP contribution in [-0.2, 0) is 19.1 Å². The van der Waals surface area contributed by atoms with E-state index in [1.165, 1.54) is 11.6 Å². The van der Waals surface area contributed by atoms with E-state index in [9.17, 15) is 24.6 Å². The Balaban J connectivity index is 1.27. The number of hydrogen-bond donors (Lipinski definition) is 2. The van der Waals surface area contributed by atoms with E-state index in [1.54, 1.807) is 30.3 Å². The van der Waals surface area contributed by atoms with Gasteiger partial charge in [0, 0.05) is 16.9 Å². The Hall–Kier alpha value is -3.15. The molecule has 0 saturated heterocycles. The molecule has 8 atom stereocenters. The number of aliphatic carboxylic acids is 1. The standard InChI is InChI=1S/C39H50O6/c1-34(2)27-13-17-37(5)28(36(27,4)19-16-31(34)41)14-18-38(6)29(37)15-20-39(33(43)44)22-21-35(3,23-30(38)39)24-45-32(42)12-9-25-7-10-26(40)11-8-25/h7-12,15-16,19,27-28,30,40H,13-14,17-18,20-24H2,1-6H3,(H,43,44)/b12-9+/t27-,28+,30-,35?,36-,37+,38+,39+/m0/s1. The molecule has 6 nitrogen and oxygen atoms in total. The number of allylic oxidation sites excluding steroid dienone is 4. The van der Waals surface area contributed by atoms with Crippen molar-refractivity contribution in [2.45, 2.75) is 92.9 Å². The highest BCUT2D eigenvalue weighted by Gasteiger charge is 2.68. The van der Waals surface area contributed by atoms with Crippen molar-refractivity contribution in [2.24, 2.45) is 50.2 Å². The minimum absolute atomic E-state index is 0.0595. The first-order chi connectivity index (χ1) is 21.0. The summed E-state index contributed by atoms with van der Waals surface area (Å²) in [5.41, 5.74) is 0.291. The number of carbonyl (C=O) groups is 3. The van der Waals surface area contributed by atoms with E-state index < -0.39 is 17.4 Å². The van der Waals surface area contributed by atoms with Crippen molar-refractivity contribution >= 4 is 23.8 Å². The summed E-state index contributed by atoms with van der Waals surface area (Å²) in [5.74, 6) is -0.0927. The van der Waals surface area contributed by atoms with Gasteiger partial charge in [-0.25, -0.2) is 4.79 Å². The van der Waals surface area contributed by atoms with Gasteiger partial charge in [0.05, 0.1) is 12.0 Å². The second kappa shape index (κ2) is 10.4. The van der Waals surface area contributed by atoms with Crippen LogP contribution >= 0.6 is 0 Å². The van der Waals surface area contributed by atoms with Crippen LogP contribution in [0.5, 0.6) is 5.75 Å². The summed E-state index contributed by atoms with van der Waals surface area (Å²) in [4.78, 5) is 38.9. The lowest BCUT2D eigenvalue weighted by atomic mass is 9.35. The van der Waals surface area contributed by atoms with E-state index in [-0.39, 0.29) is 51.1 Å². The summed E-state index contributed by atoms with van der Waals surface area (Å²) in [6.45, 7) is 13.8. The van der Waals surface area contributed by atoms with Crippen LogP contribution in [0.1, 0.15) is 98.5 Å². The molecule has 1 aromatic rings. The maximum absolute atomic E-state index is 13.2. The Morgan fingerprint density at radius 3 is 2.22 bits per heavy atom. The number of aromatic hydroxyl groups is 1. The van der Waals surface area contributed by atoms with E-state index in [0.717, 1.165) is 31.2 Å². The number of carbonyl (C=O) groups excluding carboxylic acids is 2. The van der Waals surface area contributed by atoms with E-state index in [0.29, 0.717) is 37.5 Å². The highest BCUT2D eigenvalue weighted by Crippen LogP contribution is 2.74. The van der Waals surface area contributed by atoms with Crippen molar-refractivity contribution in [2.75, 3.05) is 6.61 Å². The van der Waals surface area contributed by atoms with Crippen molar-refractivity contribution in [1.29, 1.82) is 0 Å². The number of rotatable bonds is 5. The highest BCUT2D eigenvalue weighted by molar-refractivity contribution is 5.95. The molecule has 45 heavy (non-hydrogen) atoms. The number of benzene rings is 1. The Kier molecular flexibility index (Phi) is 7.38. The molecule has 6 rings (SSSR count). The van der Waals surface area contributed by atoms with Gasteiger partial charge in [0.2, 0.25) is 0 Å². The van der Waals surface area contributed by atoms with Gasteiger partial charge < -0.3 is 14.9 Å². The molecular formula is C39H50O6. The molecule has 1 aromatic carbocycles. The lowest BCUT2D eigenvalue weighted by molar-refractivity contribution is -0.175. The Bertz CT molecular complexity index is 1500. The molecule has 0 aliphatic heterocycles. The summed E-state index contributed by atoms with van der Waals surface area (Å²) in [5, 5.41) is 20.3. The fourth-order valence-electron chi connectivity index (χ4n) is 11.3. The van der Waals surface area contributed by atoms with Crippen LogP contribution in [0.3, 0.4) is 0 Å². The maximum atomic E-state index is 13.2. The zero-order valence-electron chi connectivity index (χ0n) is 27.8. The molecule has 2 N–H and O–H groups in total. The van der Waals surface area contributed by atoms with Gasteiger partial charge >= 0.3 is 11.9 Å². The van der Waals surface area contributed by atoms with E-state index in [1.807, 2.05) is 6.08 Å². The Morgan fingerprint density at radius 2 is 1.56 bits per heavy atom. The largest absolute Gasteiger partial charge is 0.508 e. The molecule has 0 radical (unpaired) electrons.